The summed E-state index contributed by atoms with van der Waals surface area (Å²) in [4.78, 5) is 44.0. The molecule has 5 aliphatic rings. The van der Waals surface area contributed by atoms with Gasteiger partial charge in [-0.15, -0.1) is 48.0 Å². The number of rotatable bonds is 9. The first-order valence-corrected chi connectivity index (χ1v) is 20.5. The minimum absolute atomic E-state index is 0. The number of nitrogens with zero attached hydrogens (tertiary/aromatic N) is 2. The molecule has 2 aliphatic heterocycles. The van der Waals surface area contributed by atoms with Crippen molar-refractivity contribution in [3.8, 4) is 0 Å². The number of Topliss-reactive ketones (excluding diaryl/α,β-unsaturated/α-hetero) is 2. The first-order valence-electron chi connectivity index (χ1n) is 17.1. The van der Waals surface area contributed by atoms with Gasteiger partial charge in [-0.3, -0.25) is 24.5 Å². The van der Waals surface area contributed by atoms with E-state index in [-0.39, 0.29) is 71.1 Å². The molecule has 2 heterocycles. The molecule has 3 aliphatic carbocycles. The van der Waals surface area contributed by atoms with Gasteiger partial charge in [-0.05, 0) is 90.9 Å². The van der Waals surface area contributed by atoms with Crippen LogP contribution in [-0.2, 0) is 23.4 Å². The molecule has 3 saturated carbocycles. The summed E-state index contributed by atoms with van der Waals surface area (Å²) in [5, 5.41) is 19.5. The van der Waals surface area contributed by atoms with Gasteiger partial charge in [0.15, 0.2) is 0 Å². The molecule has 0 unspecified atom stereocenters. The Bertz CT molecular complexity index is 1320. The van der Waals surface area contributed by atoms with E-state index < -0.39 is 14.0 Å². The van der Waals surface area contributed by atoms with E-state index in [0.29, 0.717) is 18.2 Å². The molecule has 1 spiro atoms. The zero-order chi connectivity index (χ0) is 39.3. The third-order valence-corrected chi connectivity index (χ3v) is 9.95. The molecule has 1 amide bonds. The molecular weight excluding hydrogens is 828 g/mol. The van der Waals surface area contributed by atoms with Crippen molar-refractivity contribution in [2.45, 2.75) is 108 Å². The van der Waals surface area contributed by atoms with Crippen LogP contribution in [0.15, 0.2) is 29.2 Å². The molecule has 0 bridgehead atoms. The van der Waals surface area contributed by atoms with Gasteiger partial charge in [0.1, 0.15) is 11.6 Å². The number of amides is 1. The van der Waals surface area contributed by atoms with Crippen molar-refractivity contribution in [1.29, 1.82) is 0 Å². The van der Waals surface area contributed by atoms with Crippen LogP contribution in [0.2, 0.25) is 0 Å². The lowest BCUT2D eigenvalue weighted by molar-refractivity contribution is -0.384. The van der Waals surface area contributed by atoms with E-state index in [4.69, 9.17) is 45.4 Å². The van der Waals surface area contributed by atoms with Crippen molar-refractivity contribution < 1.29 is 27.7 Å². The minimum atomic E-state index is -3.80. The molecule has 0 radical (unpaired) electrons. The van der Waals surface area contributed by atoms with Gasteiger partial charge in [-0.2, -0.15) is 0 Å². The fourth-order valence-electron chi connectivity index (χ4n) is 3.72. The molecule has 0 atom stereocenters. The van der Waals surface area contributed by atoms with E-state index >= 15 is 0 Å². The number of alkyl halides is 2. The Morgan fingerprint density at radius 1 is 0.944 bits per heavy atom. The maximum atomic E-state index is 11.0. The first kappa shape index (κ1) is 59.3. The smallest absolute Gasteiger partial charge is 0.269 e. The average Bonchev–Trinajstić information content (AvgIpc) is 3.88. The molecule has 1 aromatic rings. The van der Waals surface area contributed by atoms with Gasteiger partial charge in [0.05, 0.1) is 26.4 Å². The van der Waals surface area contributed by atoms with Crippen molar-refractivity contribution in [3.63, 3.8) is 0 Å². The molecule has 14 nitrogen and oxygen atoms in total. The number of nitro groups is 1. The number of likely N-dealkylation sites (N-methyl/N-ethyl adjacent to an activating group) is 1. The number of carbonyl (C=O) groups excluding carboxylic acids is 3. The van der Waals surface area contributed by atoms with Crippen LogP contribution in [0.1, 0.15) is 86.5 Å². The highest BCUT2D eigenvalue weighted by molar-refractivity contribution is 8.13. The number of hydrogen-bond donors (Lipinski definition) is 5. The third kappa shape index (κ3) is 25.7. The topological polar surface area (TPSA) is 220 Å². The quantitative estimate of drug-likeness (QED) is 0.0714. The summed E-state index contributed by atoms with van der Waals surface area (Å²) in [6.07, 6.45) is 8.11. The SMILES string of the molecule is C.CC(=O)C1(N)CC1.CCCCl.CCCNC1(C(C)=O)CC1.CN1CC1.Cl.Cl.NCCCl.O=C1NCCNC12CC2.O=[N+]([O-])c1ccc(S(=O)(=O)Cl)cc1. The van der Waals surface area contributed by atoms with Crippen molar-refractivity contribution >= 4 is 90.9 Å². The number of non-ortho nitro benzene ring substituents is 1. The summed E-state index contributed by atoms with van der Waals surface area (Å²) in [5.74, 6) is 2.00. The number of nitrogens with one attached hydrogen (secondary N) is 3. The van der Waals surface area contributed by atoms with Gasteiger partial charge in [0, 0.05) is 67.3 Å². The minimum Gasteiger partial charge on any atom is -0.353 e. The van der Waals surface area contributed by atoms with E-state index in [0.717, 1.165) is 101 Å². The molecule has 54 heavy (non-hydrogen) atoms. The zero-order valence-corrected chi connectivity index (χ0v) is 36.1. The Kier molecular flexibility index (Phi) is 32.8. The standard InChI is InChI=1S/C8H15NO.C6H4ClNO4S.C6H10N2O.C5H9NO.C3H7Cl.C3H7N.C2H6ClN.CH4.2ClH/c1-3-6-9-8(4-5-8)7(2)10;7-13(11,12)6-3-1-5(2-4-6)8(9)10;9-5-6(1-2-6)8-4-3-7-5;1-4(7)5(6)2-3-5;1-2-3-4;1-4-2-3-4;3-1-2-4;;;/h9H,3-6H2,1-2H3;1-4H;8H,1-4H2,(H,7,9);2-3,6H2,1H3;2*2-3H2,1H3;1-2,4H2;1H4;2*1H. The molecular formula is C34H64Cl5N7O7S. The van der Waals surface area contributed by atoms with Crippen molar-refractivity contribution in [2.75, 3.05) is 58.1 Å². The lowest BCUT2D eigenvalue weighted by atomic mass is 10.2. The largest absolute Gasteiger partial charge is 0.353 e. The van der Waals surface area contributed by atoms with Crippen LogP contribution in [0.3, 0.4) is 0 Å². The summed E-state index contributed by atoms with van der Waals surface area (Å²) in [5.41, 5.74) is 9.57. The second-order valence-electron chi connectivity index (χ2n) is 12.7. The van der Waals surface area contributed by atoms with Crippen LogP contribution in [0.4, 0.5) is 5.69 Å². The van der Waals surface area contributed by atoms with Gasteiger partial charge < -0.3 is 32.3 Å². The maximum absolute atomic E-state index is 11.0. The third-order valence-electron chi connectivity index (χ3n) is 7.98. The van der Waals surface area contributed by atoms with Crippen molar-refractivity contribution in [1.82, 2.24) is 20.9 Å². The first-order chi connectivity index (χ1) is 23.8. The average molecular weight is 892 g/mol. The van der Waals surface area contributed by atoms with Gasteiger partial charge in [0.25, 0.3) is 14.7 Å². The Morgan fingerprint density at radius 2 is 1.41 bits per heavy atom. The van der Waals surface area contributed by atoms with E-state index in [1.165, 1.54) is 13.1 Å². The highest BCUT2D eigenvalue weighted by atomic mass is 35.7. The monoisotopic (exact) mass is 889 g/mol. The molecule has 5 fully saturated rings. The number of ketones is 2. The number of benzene rings is 1. The van der Waals surface area contributed by atoms with E-state index in [1.807, 2.05) is 6.92 Å². The maximum Gasteiger partial charge on any atom is 0.269 e. The van der Waals surface area contributed by atoms with Gasteiger partial charge in [0.2, 0.25) is 5.91 Å². The lowest BCUT2D eigenvalue weighted by Gasteiger charge is -2.22. The van der Waals surface area contributed by atoms with Crippen LogP contribution in [0.25, 0.3) is 0 Å². The Balaban J connectivity index is -0.000000279. The molecule has 7 N–H and O–H groups in total. The molecule has 318 valence electrons. The van der Waals surface area contributed by atoms with Crippen molar-refractivity contribution in [3.05, 3.63) is 34.4 Å². The molecule has 0 aromatic heterocycles. The lowest BCUT2D eigenvalue weighted by Crippen LogP contribution is -2.54. The molecule has 2 saturated heterocycles. The number of hydrogen-bond acceptors (Lipinski definition) is 12. The predicted octanol–water partition coefficient (Wildman–Crippen LogP) is 5.17. The Morgan fingerprint density at radius 3 is 1.61 bits per heavy atom. The predicted molar refractivity (Wildman–Crippen MR) is 226 cm³/mol. The highest BCUT2D eigenvalue weighted by Gasteiger charge is 2.50. The summed E-state index contributed by atoms with van der Waals surface area (Å²) in [6, 6.07) is 4.32. The number of piperazine rings is 1. The molecule has 6 rings (SSSR count). The fourth-order valence-corrected chi connectivity index (χ4v) is 4.49. The fraction of sp³-hybridized carbons (Fsp3) is 0.735. The Labute approximate surface area is 349 Å². The van der Waals surface area contributed by atoms with E-state index in [2.05, 4.69) is 34.8 Å². The van der Waals surface area contributed by atoms with Crippen LogP contribution in [0.5, 0.6) is 0 Å². The second-order valence-corrected chi connectivity index (χ2v) is 16.0. The Hall–Kier alpha value is -1.37. The zero-order valence-electron chi connectivity index (χ0n) is 31.4. The second kappa shape index (κ2) is 29.8. The van der Waals surface area contributed by atoms with Crippen LogP contribution in [-0.4, -0.2) is 110 Å². The summed E-state index contributed by atoms with van der Waals surface area (Å²) in [6.45, 7) is 13.3. The summed E-state index contributed by atoms with van der Waals surface area (Å²) >= 11 is 10.2. The van der Waals surface area contributed by atoms with E-state index in [1.54, 1.807) is 13.8 Å². The number of nitrogens with two attached hydrogens (primary N) is 2. The van der Waals surface area contributed by atoms with E-state index in [9.17, 15) is 32.9 Å². The highest BCUT2D eigenvalue weighted by Crippen LogP contribution is 2.36. The van der Waals surface area contributed by atoms with Crippen LogP contribution >= 0.6 is 58.7 Å². The summed E-state index contributed by atoms with van der Waals surface area (Å²) in [7, 11) is 3.31. The molecule has 20 heteroatoms. The number of halogens is 5. The van der Waals surface area contributed by atoms with Crippen molar-refractivity contribution in [2.24, 2.45) is 11.5 Å². The summed E-state index contributed by atoms with van der Waals surface area (Å²) < 4.78 is 21.4. The molecule has 1 aromatic carbocycles. The van der Waals surface area contributed by atoms with Crippen LogP contribution in [0, 0.1) is 10.1 Å². The number of carbonyl (C=O) groups is 3. The number of nitro benzene ring substituents is 1. The van der Waals surface area contributed by atoms with Gasteiger partial charge in [-0.25, -0.2) is 8.42 Å². The van der Waals surface area contributed by atoms with Crippen LogP contribution < -0.4 is 27.4 Å². The van der Waals surface area contributed by atoms with Gasteiger partial charge >= 0.3 is 0 Å². The van der Waals surface area contributed by atoms with Gasteiger partial charge in [-0.1, -0.05) is 21.3 Å². The normalized spacial score (nSPS) is 17.7.